The van der Waals surface area contributed by atoms with Gasteiger partial charge in [0.2, 0.25) is 0 Å². The Morgan fingerprint density at radius 1 is 1.17 bits per heavy atom. The molecule has 2 aromatic carbocycles. The Hall–Kier alpha value is -2.45. The van der Waals surface area contributed by atoms with Crippen LogP contribution in [0.2, 0.25) is 5.02 Å². The molecule has 1 heterocycles. The molecule has 124 valence electrons. The second kappa shape index (κ2) is 5.57. The molecule has 0 aliphatic carbocycles. The number of nitrogens with zero attached hydrogens (tertiary/aromatic N) is 3. The summed E-state index contributed by atoms with van der Waals surface area (Å²) in [5.41, 5.74) is 2.45. The van der Waals surface area contributed by atoms with Crippen LogP contribution in [-0.2, 0) is 10.0 Å². The van der Waals surface area contributed by atoms with Crippen LogP contribution in [0.4, 0.5) is 5.69 Å². The highest BCUT2D eigenvalue weighted by atomic mass is 35.5. The van der Waals surface area contributed by atoms with Crippen molar-refractivity contribution in [3.05, 3.63) is 62.9 Å². The Morgan fingerprint density at radius 3 is 2.50 bits per heavy atom. The van der Waals surface area contributed by atoms with Gasteiger partial charge in [0.15, 0.2) is 0 Å². The van der Waals surface area contributed by atoms with E-state index in [4.69, 9.17) is 11.6 Å². The fourth-order valence-corrected chi connectivity index (χ4v) is 4.13. The molecule has 0 spiro atoms. The molecule has 0 bridgehead atoms. The molecule has 0 fully saturated rings. The Morgan fingerprint density at radius 2 is 1.83 bits per heavy atom. The van der Waals surface area contributed by atoms with Gasteiger partial charge in [-0.1, -0.05) is 11.6 Å². The van der Waals surface area contributed by atoms with Crippen LogP contribution in [0.15, 0.2) is 41.6 Å². The summed E-state index contributed by atoms with van der Waals surface area (Å²) in [5, 5.41) is 10.8. The molecule has 0 N–H and O–H groups in total. The van der Waals surface area contributed by atoms with E-state index in [2.05, 4.69) is 4.98 Å². The number of hydrogen-bond donors (Lipinski definition) is 0. The van der Waals surface area contributed by atoms with E-state index in [0.717, 1.165) is 27.2 Å². The van der Waals surface area contributed by atoms with E-state index in [1.165, 1.54) is 12.4 Å². The van der Waals surface area contributed by atoms with Crippen molar-refractivity contribution in [1.82, 2.24) is 8.96 Å². The van der Waals surface area contributed by atoms with Crippen LogP contribution in [0.25, 0.3) is 11.0 Å². The van der Waals surface area contributed by atoms with Gasteiger partial charge in [0.1, 0.15) is 11.2 Å². The lowest BCUT2D eigenvalue weighted by atomic mass is 10.1. The predicted octanol–water partition coefficient (Wildman–Crippen LogP) is 3.45. The second-order valence-electron chi connectivity index (χ2n) is 5.34. The molecule has 1 aromatic heterocycles. The third-order valence-electron chi connectivity index (χ3n) is 3.79. The minimum atomic E-state index is -4.12. The highest BCUT2D eigenvalue weighted by Gasteiger charge is 2.25. The molecule has 0 aliphatic heterocycles. The van der Waals surface area contributed by atoms with Crippen molar-refractivity contribution < 1.29 is 13.3 Å². The highest BCUT2D eigenvalue weighted by Crippen LogP contribution is 2.30. The SMILES string of the molecule is Cc1cc2ncn(S(=O)(=O)c3cc([N+](=O)[O-])ccc3Cl)c2cc1C. The smallest absolute Gasteiger partial charge is 0.258 e. The summed E-state index contributed by atoms with van der Waals surface area (Å²) in [6.07, 6.45) is 1.17. The van der Waals surface area contributed by atoms with Crippen LogP contribution >= 0.6 is 11.6 Å². The highest BCUT2D eigenvalue weighted by molar-refractivity contribution is 7.90. The molecule has 9 heteroatoms. The summed E-state index contributed by atoms with van der Waals surface area (Å²) in [5.74, 6) is 0. The molecule has 0 radical (unpaired) electrons. The van der Waals surface area contributed by atoms with Gasteiger partial charge in [0.25, 0.3) is 15.7 Å². The zero-order valence-corrected chi connectivity index (χ0v) is 14.3. The first kappa shape index (κ1) is 16.4. The van der Waals surface area contributed by atoms with Gasteiger partial charge in [-0.25, -0.2) is 17.4 Å². The lowest BCUT2D eigenvalue weighted by Gasteiger charge is -2.09. The van der Waals surface area contributed by atoms with Gasteiger partial charge in [-0.2, -0.15) is 0 Å². The van der Waals surface area contributed by atoms with Crippen LogP contribution in [0.1, 0.15) is 11.1 Å². The Bertz CT molecular complexity index is 1090. The van der Waals surface area contributed by atoms with Gasteiger partial charge in [0, 0.05) is 12.1 Å². The van der Waals surface area contributed by atoms with E-state index in [0.29, 0.717) is 11.0 Å². The average molecular weight is 366 g/mol. The molecule has 0 aliphatic rings. The molecule has 3 rings (SSSR count). The van der Waals surface area contributed by atoms with Gasteiger partial charge in [-0.05, 0) is 43.2 Å². The van der Waals surface area contributed by atoms with Crippen LogP contribution in [0, 0.1) is 24.0 Å². The summed E-state index contributed by atoms with van der Waals surface area (Å²) >= 11 is 5.97. The number of fused-ring (bicyclic) bond motifs is 1. The van der Waals surface area contributed by atoms with Gasteiger partial charge in [-0.15, -0.1) is 0 Å². The molecular formula is C15H12ClN3O4S. The fourth-order valence-electron chi connectivity index (χ4n) is 2.34. The Balaban J connectivity index is 2.28. The number of benzene rings is 2. The molecule has 0 saturated heterocycles. The van der Waals surface area contributed by atoms with E-state index in [1.807, 2.05) is 13.8 Å². The summed E-state index contributed by atoms with van der Waals surface area (Å²) < 4.78 is 26.8. The topological polar surface area (TPSA) is 95.1 Å². The maximum Gasteiger partial charge on any atom is 0.271 e. The summed E-state index contributed by atoms with van der Waals surface area (Å²) in [4.78, 5) is 14.0. The van der Waals surface area contributed by atoms with Crippen molar-refractivity contribution in [2.75, 3.05) is 0 Å². The largest absolute Gasteiger partial charge is 0.271 e. The quantitative estimate of drug-likeness (QED) is 0.523. The van der Waals surface area contributed by atoms with Gasteiger partial charge >= 0.3 is 0 Å². The zero-order valence-electron chi connectivity index (χ0n) is 12.7. The molecule has 0 unspecified atom stereocenters. The number of hydrogen-bond acceptors (Lipinski definition) is 5. The third-order valence-corrected chi connectivity index (χ3v) is 5.94. The van der Waals surface area contributed by atoms with Crippen molar-refractivity contribution in [3.63, 3.8) is 0 Å². The van der Waals surface area contributed by atoms with E-state index < -0.39 is 14.9 Å². The van der Waals surface area contributed by atoms with Crippen LogP contribution in [0.5, 0.6) is 0 Å². The van der Waals surface area contributed by atoms with E-state index in [9.17, 15) is 18.5 Å². The number of nitro groups is 1. The second-order valence-corrected chi connectivity index (χ2v) is 7.53. The number of imidazole rings is 1. The average Bonchev–Trinajstić information content (AvgIpc) is 2.91. The maximum absolute atomic E-state index is 12.9. The minimum absolute atomic E-state index is 0.0914. The predicted molar refractivity (Wildman–Crippen MR) is 89.9 cm³/mol. The summed E-state index contributed by atoms with van der Waals surface area (Å²) in [7, 11) is -4.12. The normalized spacial score (nSPS) is 11.8. The number of aromatic nitrogens is 2. The maximum atomic E-state index is 12.9. The number of non-ortho nitro benzene ring substituents is 1. The molecular weight excluding hydrogens is 354 g/mol. The van der Waals surface area contributed by atoms with Crippen LogP contribution in [-0.4, -0.2) is 22.3 Å². The zero-order chi connectivity index (χ0) is 17.6. The van der Waals surface area contributed by atoms with Crippen molar-refractivity contribution in [2.24, 2.45) is 0 Å². The van der Waals surface area contributed by atoms with Gasteiger partial charge in [0.05, 0.1) is 21.0 Å². The van der Waals surface area contributed by atoms with Crippen molar-refractivity contribution in [2.45, 2.75) is 18.7 Å². The molecule has 24 heavy (non-hydrogen) atoms. The monoisotopic (exact) mass is 365 g/mol. The van der Waals surface area contributed by atoms with Crippen molar-refractivity contribution >= 4 is 38.3 Å². The van der Waals surface area contributed by atoms with E-state index in [-0.39, 0.29) is 15.6 Å². The van der Waals surface area contributed by atoms with Gasteiger partial charge < -0.3 is 0 Å². The number of halogens is 1. The first-order chi connectivity index (χ1) is 11.2. The van der Waals surface area contributed by atoms with Crippen LogP contribution in [0.3, 0.4) is 0 Å². The van der Waals surface area contributed by atoms with Crippen molar-refractivity contribution in [1.29, 1.82) is 0 Å². The molecule has 0 atom stereocenters. The van der Waals surface area contributed by atoms with Crippen LogP contribution < -0.4 is 0 Å². The molecule has 0 amide bonds. The number of aryl methyl sites for hydroxylation is 2. The summed E-state index contributed by atoms with van der Waals surface area (Å²) in [6, 6.07) is 6.79. The lowest BCUT2D eigenvalue weighted by molar-refractivity contribution is -0.385. The molecule has 3 aromatic rings. The van der Waals surface area contributed by atoms with E-state index >= 15 is 0 Å². The summed E-state index contributed by atoms with van der Waals surface area (Å²) in [6.45, 7) is 3.76. The Kier molecular flexibility index (Phi) is 3.81. The fraction of sp³-hybridized carbons (Fsp3) is 0.133. The van der Waals surface area contributed by atoms with E-state index in [1.54, 1.807) is 12.1 Å². The lowest BCUT2D eigenvalue weighted by Crippen LogP contribution is -2.13. The van der Waals surface area contributed by atoms with Gasteiger partial charge in [-0.3, -0.25) is 10.1 Å². The first-order valence-corrected chi connectivity index (χ1v) is 8.67. The third kappa shape index (κ3) is 2.53. The minimum Gasteiger partial charge on any atom is -0.258 e. The molecule has 0 saturated carbocycles. The molecule has 7 nitrogen and oxygen atoms in total. The standard InChI is InChI=1S/C15H12ClN3O4S/c1-9-5-13-14(6-10(9)2)18(8-17-13)24(22,23)15-7-11(19(20)21)3-4-12(15)16/h3-8H,1-2H3. The number of rotatable bonds is 3. The first-order valence-electron chi connectivity index (χ1n) is 6.85. The van der Waals surface area contributed by atoms with Crippen molar-refractivity contribution in [3.8, 4) is 0 Å². The number of nitro benzene ring substituents is 1. The Labute approximate surface area is 142 Å².